The molecule has 31 heavy (non-hydrogen) atoms. The standard InChI is InChI=1S/C24H26N2O4S/c1-15(2)19-11-9-18(10-12-19)13-25-23(28)22-16(3)26(24(29)31-22)14-20-7-5-6-8-21(20)30-17(4)27/h5-12,15H,13-14H2,1-4H3,(H,25,28). The molecule has 1 heterocycles. The van der Waals surface area contributed by atoms with Crippen LogP contribution in [0.2, 0.25) is 0 Å². The van der Waals surface area contributed by atoms with E-state index in [0.717, 1.165) is 16.9 Å². The predicted octanol–water partition coefficient (Wildman–Crippen LogP) is 4.25. The number of para-hydroxylation sites is 1. The molecule has 1 N–H and O–H groups in total. The van der Waals surface area contributed by atoms with Gasteiger partial charge in [0, 0.05) is 24.7 Å². The first-order valence-electron chi connectivity index (χ1n) is 10.1. The Morgan fingerprint density at radius 3 is 2.42 bits per heavy atom. The van der Waals surface area contributed by atoms with Crippen LogP contribution in [0.25, 0.3) is 0 Å². The van der Waals surface area contributed by atoms with Crippen LogP contribution in [0.3, 0.4) is 0 Å². The largest absolute Gasteiger partial charge is 0.426 e. The second-order valence-corrected chi connectivity index (χ2v) is 8.61. The molecule has 2 aromatic carbocycles. The van der Waals surface area contributed by atoms with Crippen LogP contribution in [-0.2, 0) is 17.9 Å². The van der Waals surface area contributed by atoms with Gasteiger partial charge in [0.25, 0.3) is 5.91 Å². The van der Waals surface area contributed by atoms with Gasteiger partial charge in [-0.25, -0.2) is 0 Å². The van der Waals surface area contributed by atoms with Gasteiger partial charge in [0.15, 0.2) is 0 Å². The minimum atomic E-state index is -0.427. The van der Waals surface area contributed by atoms with Crippen molar-refractivity contribution in [2.45, 2.75) is 46.7 Å². The van der Waals surface area contributed by atoms with Gasteiger partial charge in [-0.15, -0.1) is 0 Å². The SMILES string of the molecule is CC(=O)Oc1ccccc1Cn1c(C)c(C(=O)NCc2ccc(C(C)C)cc2)sc1=O. The molecule has 0 aliphatic carbocycles. The highest BCUT2D eigenvalue weighted by Crippen LogP contribution is 2.21. The minimum absolute atomic E-state index is 0.217. The highest BCUT2D eigenvalue weighted by atomic mass is 32.1. The normalized spacial score (nSPS) is 10.9. The van der Waals surface area contributed by atoms with E-state index in [2.05, 4.69) is 31.3 Å². The smallest absolute Gasteiger partial charge is 0.308 e. The van der Waals surface area contributed by atoms with E-state index in [1.165, 1.54) is 17.1 Å². The van der Waals surface area contributed by atoms with Gasteiger partial charge in [0.05, 0.1) is 6.54 Å². The molecule has 3 rings (SSSR count). The molecule has 0 bridgehead atoms. The third-order valence-corrected chi connectivity index (χ3v) is 6.08. The molecular weight excluding hydrogens is 412 g/mol. The average molecular weight is 439 g/mol. The summed E-state index contributed by atoms with van der Waals surface area (Å²) in [5, 5.41) is 2.90. The van der Waals surface area contributed by atoms with Crippen LogP contribution in [0.15, 0.2) is 53.3 Å². The minimum Gasteiger partial charge on any atom is -0.426 e. The number of amides is 1. The Morgan fingerprint density at radius 2 is 1.77 bits per heavy atom. The summed E-state index contributed by atoms with van der Waals surface area (Å²) >= 11 is 0.917. The molecule has 6 nitrogen and oxygen atoms in total. The van der Waals surface area contributed by atoms with Crippen LogP contribution in [0, 0.1) is 6.92 Å². The fourth-order valence-corrected chi connectivity index (χ4v) is 4.12. The Hall–Kier alpha value is -3.19. The number of nitrogens with zero attached hydrogens (tertiary/aromatic N) is 1. The van der Waals surface area contributed by atoms with Crippen LogP contribution >= 0.6 is 11.3 Å². The number of ether oxygens (including phenoxy) is 1. The highest BCUT2D eigenvalue weighted by Gasteiger charge is 2.19. The molecule has 0 radical (unpaired) electrons. The Morgan fingerprint density at radius 1 is 1.10 bits per heavy atom. The molecule has 0 aliphatic rings. The number of aromatic nitrogens is 1. The Balaban J connectivity index is 1.74. The number of rotatable bonds is 7. The number of hydrogen-bond acceptors (Lipinski definition) is 5. The van der Waals surface area contributed by atoms with Crippen molar-refractivity contribution in [2.75, 3.05) is 0 Å². The fraction of sp³-hybridized carbons (Fsp3) is 0.292. The summed E-state index contributed by atoms with van der Waals surface area (Å²) in [5.41, 5.74) is 3.52. The van der Waals surface area contributed by atoms with Gasteiger partial charge in [-0.2, -0.15) is 0 Å². The third-order valence-electron chi connectivity index (χ3n) is 5.00. The fourth-order valence-electron chi connectivity index (χ4n) is 3.21. The van der Waals surface area contributed by atoms with Crippen molar-refractivity contribution in [3.8, 4) is 5.75 Å². The van der Waals surface area contributed by atoms with Gasteiger partial charge in [0.2, 0.25) is 0 Å². The first-order chi connectivity index (χ1) is 14.8. The second kappa shape index (κ2) is 9.75. The van der Waals surface area contributed by atoms with E-state index in [-0.39, 0.29) is 17.3 Å². The van der Waals surface area contributed by atoms with Crippen molar-refractivity contribution in [1.29, 1.82) is 0 Å². The average Bonchev–Trinajstić information content (AvgIpc) is 3.01. The molecule has 0 fully saturated rings. The molecule has 0 spiro atoms. The van der Waals surface area contributed by atoms with Crippen molar-refractivity contribution in [3.05, 3.63) is 85.5 Å². The summed E-state index contributed by atoms with van der Waals surface area (Å²) in [6, 6.07) is 15.2. The molecule has 162 valence electrons. The number of esters is 1. The van der Waals surface area contributed by atoms with Gasteiger partial charge in [-0.3, -0.25) is 19.0 Å². The molecule has 3 aromatic rings. The number of benzene rings is 2. The van der Waals surface area contributed by atoms with Crippen LogP contribution in [-0.4, -0.2) is 16.4 Å². The third kappa shape index (κ3) is 5.49. The van der Waals surface area contributed by atoms with E-state index in [9.17, 15) is 14.4 Å². The van der Waals surface area contributed by atoms with E-state index < -0.39 is 5.97 Å². The lowest BCUT2D eigenvalue weighted by Gasteiger charge is -2.11. The zero-order valence-corrected chi connectivity index (χ0v) is 18.9. The van der Waals surface area contributed by atoms with Gasteiger partial charge < -0.3 is 10.1 Å². The summed E-state index contributed by atoms with van der Waals surface area (Å²) in [6.07, 6.45) is 0. The van der Waals surface area contributed by atoms with Crippen LogP contribution in [0.1, 0.15) is 58.7 Å². The van der Waals surface area contributed by atoms with Crippen molar-refractivity contribution >= 4 is 23.2 Å². The monoisotopic (exact) mass is 438 g/mol. The molecular formula is C24H26N2O4S. The Kier molecular flexibility index (Phi) is 7.07. The molecule has 1 aromatic heterocycles. The van der Waals surface area contributed by atoms with Crippen molar-refractivity contribution in [1.82, 2.24) is 9.88 Å². The maximum absolute atomic E-state index is 12.7. The van der Waals surface area contributed by atoms with E-state index in [0.29, 0.717) is 34.3 Å². The lowest BCUT2D eigenvalue weighted by atomic mass is 10.0. The Labute approximate surface area is 185 Å². The van der Waals surface area contributed by atoms with E-state index in [1.54, 1.807) is 25.1 Å². The first kappa shape index (κ1) is 22.5. The molecule has 0 atom stereocenters. The van der Waals surface area contributed by atoms with E-state index in [4.69, 9.17) is 4.74 Å². The van der Waals surface area contributed by atoms with E-state index >= 15 is 0 Å². The molecule has 0 saturated heterocycles. The zero-order valence-electron chi connectivity index (χ0n) is 18.1. The topological polar surface area (TPSA) is 77.4 Å². The predicted molar refractivity (Wildman–Crippen MR) is 122 cm³/mol. The Bertz CT molecular complexity index is 1140. The summed E-state index contributed by atoms with van der Waals surface area (Å²) in [5.74, 6) is 0.153. The van der Waals surface area contributed by atoms with Crippen molar-refractivity contribution in [3.63, 3.8) is 0 Å². The number of hydrogen-bond donors (Lipinski definition) is 1. The maximum atomic E-state index is 12.7. The summed E-state index contributed by atoms with van der Waals surface area (Å²) in [7, 11) is 0. The lowest BCUT2D eigenvalue weighted by molar-refractivity contribution is -0.131. The van der Waals surface area contributed by atoms with Gasteiger partial charge in [-0.05, 0) is 30.0 Å². The maximum Gasteiger partial charge on any atom is 0.308 e. The van der Waals surface area contributed by atoms with Crippen LogP contribution < -0.4 is 14.9 Å². The molecule has 0 aliphatic heterocycles. The molecule has 0 saturated carbocycles. The summed E-state index contributed by atoms with van der Waals surface area (Å²) in [6.45, 7) is 7.95. The first-order valence-corrected chi connectivity index (χ1v) is 10.9. The zero-order chi connectivity index (χ0) is 22.5. The van der Waals surface area contributed by atoms with Crippen molar-refractivity contribution in [2.24, 2.45) is 0 Å². The summed E-state index contributed by atoms with van der Waals surface area (Å²) < 4.78 is 6.76. The van der Waals surface area contributed by atoms with Crippen molar-refractivity contribution < 1.29 is 14.3 Å². The number of thiazole rings is 1. The summed E-state index contributed by atoms with van der Waals surface area (Å²) in [4.78, 5) is 36.8. The number of nitrogens with one attached hydrogen (secondary N) is 1. The highest BCUT2D eigenvalue weighted by molar-refractivity contribution is 7.11. The van der Waals surface area contributed by atoms with Crippen LogP contribution in [0.5, 0.6) is 5.75 Å². The van der Waals surface area contributed by atoms with Crippen LogP contribution in [0.4, 0.5) is 0 Å². The molecule has 0 unspecified atom stereocenters. The lowest BCUT2D eigenvalue weighted by Crippen LogP contribution is -2.23. The van der Waals surface area contributed by atoms with Gasteiger partial charge in [0.1, 0.15) is 10.6 Å². The number of carbonyl (C=O) groups is 2. The van der Waals surface area contributed by atoms with Gasteiger partial charge >= 0.3 is 10.8 Å². The molecule has 7 heteroatoms. The van der Waals surface area contributed by atoms with E-state index in [1.807, 2.05) is 18.2 Å². The quantitative estimate of drug-likeness (QED) is 0.442. The van der Waals surface area contributed by atoms with Gasteiger partial charge in [-0.1, -0.05) is 67.6 Å². The molecule has 1 amide bonds. The number of carbonyl (C=O) groups excluding carboxylic acids is 2. The second-order valence-electron chi connectivity index (χ2n) is 7.65.